The van der Waals surface area contributed by atoms with E-state index in [4.69, 9.17) is 16.6 Å². The van der Waals surface area contributed by atoms with E-state index in [9.17, 15) is 0 Å². The maximum absolute atomic E-state index is 6.20. The van der Waals surface area contributed by atoms with Crippen molar-refractivity contribution in [2.75, 3.05) is 31.1 Å². The van der Waals surface area contributed by atoms with Crippen LogP contribution in [-0.4, -0.2) is 37.1 Å². The van der Waals surface area contributed by atoms with Crippen LogP contribution in [0.4, 0.5) is 5.69 Å². The van der Waals surface area contributed by atoms with Gasteiger partial charge in [-0.15, -0.1) is 35.3 Å². The second kappa shape index (κ2) is 11.4. The van der Waals surface area contributed by atoms with E-state index in [1.54, 1.807) is 11.3 Å². The van der Waals surface area contributed by atoms with Crippen molar-refractivity contribution >= 4 is 58.6 Å². The zero-order chi connectivity index (χ0) is 20.1. The molecule has 29 heavy (non-hydrogen) atoms. The highest BCUT2D eigenvalue weighted by molar-refractivity contribution is 14.0. The Hall–Kier alpha value is -1.06. The second-order valence-electron chi connectivity index (χ2n) is 7.35. The van der Waals surface area contributed by atoms with Gasteiger partial charge in [-0.1, -0.05) is 17.7 Å². The average Bonchev–Trinajstić information content (AvgIpc) is 3.25. The standard InChI is InChI=1S/C21H30ClN5S.HI/c1-5-23-21(25-12-20-15(3)26-16(4)28-20)24-11-17-8-9-27(13-17)19-10-18(22)7-6-14(19)2;/h6-7,10,17H,5,8-9,11-13H2,1-4H3,(H2,23,24,25);1H. The summed E-state index contributed by atoms with van der Waals surface area (Å²) in [5.41, 5.74) is 3.63. The predicted octanol–water partition coefficient (Wildman–Crippen LogP) is 4.92. The molecule has 0 aliphatic carbocycles. The number of nitrogens with one attached hydrogen (secondary N) is 2. The highest BCUT2D eigenvalue weighted by Gasteiger charge is 2.24. The summed E-state index contributed by atoms with van der Waals surface area (Å²) in [4.78, 5) is 12.9. The molecule has 1 unspecified atom stereocenters. The summed E-state index contributed by atoms with van der Waals surface area (Å²) in [6, 6.07) is 6.14. The molecule has 0 amide bonds. The minimum Gasteiger partial charge on any atom is -0.371 e. The number of aryl methyl sites for hydroxylation is 3. The van der Waals surface area contributed by atoms with Gasteiger partial charge in [0.1, 0.15) is 0 Å². The molecule has 0 saturated carbocycles. The number of aromatic nitrogens is 1. The summed E-state index contributed by atoms with van der Waals surface area (Å²) in [7, 11) is 0. The summed E-state index contributed by atoms with van der Waals surface area (Å²) in [5.74, 6) is 1.47. The minimum absolute atomic E-state index is 0. The van der Waals surface area contributed by atoms with Crippen LogP contribution >= 0.6 is 46.9 Å². The molecule has 5 nitrogen and oxygen atoms in total. The SMILES string of the molecule is CCNC(=NCc1sc(C)nc1C)NCC1CCN(c2cc(Cl)ccc2C)C1.I. The van der Waals surface area contributed by atoms with Gasteiger partial charge < -0.3 is 15.5 Å². The van der Waals surface area contributed by atoms with E-state index in [1.807, 2.05) is 13.0 Å². The van der Waals surface area contributed by atoms with Gasteiger partial charge >= 0.3 is 0 Å². The number of hydrogen-bond acceptors (Lipinski definition) is 4. The Morgan fingerprint density at radius 3 is 2.79 bits per heavy atom. The fourth-order valence-corrected chi connectivity index (χ4v) is 4.62. The van der Waals surface area contributed by atoms with Gasteiger partial charge in [-0.25, -0.2) is 9.98 Å². The highest BCUT2D eigenvalue weighted by Crippen LogP contribution is 2.29. The monoisotopic (exact) mass is 547 g/mol. The molecule has 0 radical (unpaired) electrons. The fourth-order valence-electron chi connectivity index (χ4n) is 3.60. The van der Waals surface area contributed by atoms with Crippen molar-refractivity contribution in [1.82, 2.24) is 15.6 Å². The lowest BCUT2D eigenvalue weighted by Crippen LogP contribution is -2.40. The fraction of sp³-hybridized carbons (Fsp3) is 0.524. The Morgan fingerprint density at radius 2 is 2.10 bits per heavy atom. The molecule has 2 aromatic rings. The molecule has 1 saturated heterocycles. The van der Waals surface area contributed by atoms with Crippen molar-refractivity contribution in [3.63, 3.8) is 0 Å². The maximum atomic E-state index is 6.20. The molecule has 8 heteroatoms. The van der Waals surface area contributed by atoms with Gasteiger partial charge in [-0.05, 0) is 57.7 Å². The molecule has 1 atom stereocenters. The van der Waals surface area contributed by atoms with Crippen LogP contribution in [0.25, 0.3) is 0 Å². The van der Waals surface area contributed by atoms with Crippen LogP contribution in [-0.2, 0) is 6.54 Å². The zero-order valence-corrected chi connectivity index (χ0v) is 21.5. The Bertz CT molecular complexity index is 838. The van der Waals surface area contributed by atoms with Gasteiger partial charge in [0.25, 0.3) is 0 Å². The summed E-state index contributed by atoms with van der Waals surface area (Å²) in [6.45, 7) is 12.9. The van der Waals surface area contributed by atoms with Crippen LogP contribution < -0.4 is 15.5 Å². The molecule has 160 valence electrons. The number of guanidine groups is 1. The molecule has 1 aliphatic rings. The highest BCUT2D eigenvalue weighted by atomic mass is 127. The Balaban J connectivity index is 0.00000300. The van der Waals surface area contributed by atoms with E-state index in [-0.39, 0.29) is 24.0 Å². The third kappa shape index (κ3) is 6.72. The van der Waals surface area contributed by atoms with Crippen molar-refractivity contribution in [1.29, 1.82) is 0 Å². The summed E-state index contributed by atoms with van der Waals surface area (Å²) in [5, 5.41) is 8.79. The van der Waals surface area contributed by atoms with Crippen LogP contribution in [0, 0.1) is 26.7 Å². The van der Waals surface area contributed by atoms with Crippen LogP contribution in [0.3, 0.4) is 0 Å². The van der Waals surface area contributed by atoms with Crippen molar-refractivity contribution in [2.24, 2.45) is 10.9 Å². The number of rotatable bonds is 6. The summed E-state index contributed by atoms with van der Waals surface area (Å²) >= 11 is 7.93. The quantitative estimate of drug-likeness (QED) is 0.306. The first-order valence-corrected chi connectivity index (χ1v) is 11.1. The van der Waals surface area contributed by atoms with Gasteiger partial charge in [0.2, 0.25) is 0 Å². The maximum Gasteiger partial charge on any atom is 0.191 e. The molecule has 3 rings (SSSR count). The number of halogens is 2. The van der Waals surface area contributed by atoms with E-state index in [1.165, 1.54) is 22.5 Å². The number of benzene rings is 1. The van der Waals surface area contributed by atoms with Crippen LogP contribution in [0.5, 0.6) is 0 Å². The van der Waals surface area contributed by atoms with Crippen LogP contribution in [0.1, 0.15) is 34.5 Å². The predicted molar refractivity (Wildman–Crippen MR) is 136 cm³/mol. The first-order chi connectivity index (χ1) is 13.5. The van der Waals surface area contributed by atoms with E-state index in [0.29, 0.717) is 12.5 Å². The largest absolute Gasteiger partial charge is 0.371 e. The summed E-state index contributed by atoms with van der Waals surface area (Å²) < 4.78 is 0. The number of nitrogens with zero attached hydrogens (tertiary/aromatic N) is 3. The summed E-state index contributed by atoms with van der Waals surface area (Å²) in [6.07, 6.45) is 1.17. The lowest BCUT2D eigenvalue weighted by molar-refractivity contribution is 0.566. The Kier molecular flexibility index (Phi) is 9.49. The lowest BCUT2D eigenvalue weighted by atomic mass is 10.1. The van der Waals surface area contributed by atoms with E-state index < -0.39 is 0 Å². The van der Waals surface area contributed by atoms with Gasteiger partial charge in [-0.3, -0.25) is 0 Å². The molecule has 1 aliphatic heterocycles. The molecule has 2 N–H and O–H groups in total. The number of thiazole rings is 1. The van der Waals surface area contributed by atoms with E-state index in [2.05, 4.69) is 53.4 Å². The third-order valence-electron chi connectivity index (χ3n) is 5.08. The van der Waals surface area contributed by atoms with E-state index >= 15 is 0 Å². The topological polar surface area (TPSA) is 52.6 Å². The Labute approximate surface area is 200 Å². The molecule has 0 spiro atoms. The molecule has 1 fully saturated rings. The van der Waals surface area contributed by atoms with Crippen molar-refractivity contribution in [2.45, 2.75) is 40.7 Å². The smallest absolute Gasteiger partial charge is 0.191 e. The lowest BCUT2D eigenvalue weighted by Gasteiger charge is -2.21. The van der Waals surface area contributed by atoms with Crippen molar-refractivity contribution in [3.8, 4) is 0 Å². The first-order valence-electron chi connectivity index (χ1n) is 9.92. The molecular formula is C21H31ClIN5S. The van der Waals surface area contributed by atoms with Crippen LogP contribution in [0.15, 0.2) is 23.2 Å². The number of anilines is 1. The van der Waals surface area contributed by atoms with Crippen molar-refractivity contribution in [3.05, 3.63) is 44.4 Å². The van der Waals surface area contributed by atoms with Gasteiger partial charge in [0.15, 0.2) is 5.96 Å². The van der Waals surface area contributed by atoms with Gasteiger partial charge in [-0.2, -0.15) is 0 Å². The van der Waals surface area contributed by atoms with Gasteiger partial charge in [0.05, 0.1) is 17.2 Å². The number of hydrogen-bond donors (Lipinski definition) is 2. The van der Waals surface area contributed by atoms with Crippen molar-refractivity contribution < 1.29 is 0 Å². The molecule has 1 aromatic carbocycles. The molecule has 1 aromatic heterocycles. The number of aliphatic imine (C=N–C) groups is 1. The third-order valence-corrected chi connectivity index (χ3v) is 6.37. The van der Waals surface area contributed by atoms with Gasteiger partial charge in [0, 0.05) is 41.8 Å². The zero-order valence-electron chi connectivity index (χ0n) is 17.6. The molecule has 2 heterocycles. The minimum atomic E-state index is 0. The first kappa shape index (κ1) is 24.2. The van der Waals surface area contributed by atoms with E-state index in [0.717, 1.165) is 47.9 Å². The average molecular weight is 548 g/mol. The van der Waals surface area contributed by atoms with Crippen LogP contribution in [0.2, 0.25) is 5.02 Å². The Morgan fingerprint density at radius 1 is 1.31 bits per heavy atom. The second-order valence-corrected chi connectivity index (χ2v) is 9.07. The normalized spacial score (nSPS) is 16.7. The molecule has 0 bridgehead atoms. The molecular weight excluding hydrogens is 517 g/mol.